The summed E-state index contributed by atoms with van der Waals surface area (Å²) in [5.41, 5.74) is 0.413. The van der Waals surface area contributed by atoms with E-state index in [9.17, 15) is 5.11 Å². The molecule has 0 aromatic carbocycles. The fourth-order valence-corrected chi connectivity index (χ4v) is 3.44. The number of aliphatic hydroxyl groups excluding tert-OH is 1. The van der Waals surface area contributed by atoms with Crippen molar-refractivity contribution in [3.8, 4) is 0 Å². The Labute approximate surface area is 85.0 Å². The molecular weight excluding hydrogens is 180 g/mol. The molecule has 1 aliphatic carbocycles. The van der Waals surface area contributed by atoms with Crippen molar-refractivity contribution in [1.29, 1.82) is 0 Å². The molecule has 2 rings (SSSR count). The first-order chi connectivity index (χ1) is 6.68. The molecule has 82 valence electrons. The minimum absolute atomic E-state index is 0.139. The molecule has 2 fully saturated rings. The van der Waals surface area contributed by atoms with Gasteiger partial charge in [-0.15, -0.1) is 0 Å². The second-order valence-electron chi connectivity index (χ2n) is 5.01. The molecule has 4 nitrogen and oxygen atoms in total. The van der Waals surface area contributed by atoms with Crippen molar-refractivity contribution in [2.75, 3.05) is 33.4 Å². The summed E-state index contributed by atoms with van der Waals surface area (Å²) in [6, 6.07) is 0. The molecule has 2 aliphatic rings. The summed E-state index contributed by atoms with van der Waals surface area (Å²) in [5, 5.41) is 9.53. The number of hydrogen-bond donors (Lipinski definition) is 2. The van der Waals surface area contributed by atoms with Crippen LogP contribution in [0.15, 0.2) is 0 Å². The van der Waals surface area contributed by atoms with Gasteiger partial charge in [0.05, 0.1) is 13.2 Å². The monoisotopic (exact) mass is 200 g/mol. The molecule has 2 atom stereocenters. The Hall–Kier alpha value is -0.160. The van der Waals surface area contributed by atoms with Crippen molar-refractivity contribution in [1.82, 2.24) is 4.90 Å². The van der Waals surface area contributed by atoms with Crippen molar-refractivity contribution in [3.63, 3.8) is 0 Å². The van der Waals surface area contributed by atoms with E-state index in [1.54, 1.807) is 0 Å². The van der Waals surface area contributed by atoms with E-state index < -0.39 is 0 Å². The standard InChI is InChI=1S/C10H20N2O2/c1-12-6-9(4-5-14-11)2-3-10(9,7-12)8-13/h13H,2-8,11H2,1H3. The molecule has 0 aromatic rings. The van der Waals surface area contributed by atoms with Crippen molar-refractivity contribution >= 4 is 0 Å². The van der Waals surface area contributed by atoms with Crippen LogP contribution in [-0.4, -0.2) is 43.4 Å². The van der Waals surface area contributed by atoms with Gasteiger partial charge in [0, 0.05) is 18.5 Å². The number of fused-ring (bicyclic) bond motifs is 1. The molecule has 4 heteroatoms. The Balaban J connectivity index is 2.09. The van der Waals surface area contributed by atoms with Crippen LogP contribution in [0.2, 0.25) is 0 Å². The predicted molar refractivity (Wildman–Crippen MR) is 53.4 cm³/mol. The predicted octanol–water partition coefficient (Wildman–Crippen LogP) is -0.0289. The van der Waals surface area contributed by atoms with E-state index in [4.69, 9.17) is 5.90 Å². The van der Waals surface area contributed by atoms with Crippen LogP contribution in [0, 0.1) is 10.8 Å². The second kappa shape index (κ2) is 3.45. The maximum Gasteiger partial charge on any atom is 0.0685 e. The minimum Gasteiger partial charge on any atom is -0.396 e. The summed E-state index contributed by atoms with van der Waals surface area (Å²) in [4.78, 5) is 6.99. The van der Waals surface area contributed by atoms with E-state index >= 15 is 0 Å². The highest BCUT2D eigenvalue weighted by Gasteiger charge is 2.62. The van der Waals surface area contributed by atoms with Crippen molar-refractivity contribution < 1.29 is 9.94 Å². The van der Waals surface area contributed by atoms with Crippen LogP contribution in [0.1, 0.15) is 19.3 Å². The van der Waals surface area contributed by atoms with Gasteiger partial charge < -0.3 is 14.8 Å². The summed E-state index contributed by atoms with van der Waals surface area (Å²) in [5.74, 6) is 5.08. The van der Waals surface area contributed by atoms with Crippen LogP contribution in [0.25, 0.3) is 0 Å². The van der Waals surface area contributed by atoms with Gasteiger partial charge in [0.1, 0.15) is 0 Å². The van der Waals surface area contributed by atoms with Crippen LogP contribution < -0.4 is 5.90 Å². The number of nitrogens with two attached hydrogens (primary N) is 1. The lowest BCUT2D eigenvalue weighted by molar-refractivity contribution is -0.0894. The Kier molecular flexibility index (Phi) is 2.55. The Morgan fingerprint density at radius 2 is 2.00 bits per heavy atom. The van der Waals surface area contributed by atoms with E-state index in [0.717, 1.165) is 25.9 Å². The molecule has 1 aliphatic heterocycles. The lowest BCUT2D eigenvalue weighted by Gasteiger charge is -2.54. The topological polar surface area (TPSA) is 58.7 Å². The Bertz CT molecular complexity index is 220. The third-order valence-electron chi connectivity index (χ3n) is 4.35. The molecule has 1 saturated carbocycles. The van der Waals surface area contributed by atoms with E-state index in [2.05, 4.69) is 16.8 Å². The zero-order chi connectivity index (χ0) is 10.2. The van der Waals surface area contributed by atoms with Gasteiger partial charge in [0.25, 0.3) is 0 Å². The molecule has 0 spiro atoms. The second-order valence-corrected chi connectivity index (χ2v) is 5.01. The number of hydrogen-bond acceptors (Lipinski definition) is 4. The number of rotatable bonds is 4. The van der Waals surface area contributed by atoms with Crippen LogP contribution in [-0.2, 0) is 4.84 Å². The first-order valence-corrected chi connectivity index (χ1v) is 5.29. The zero-order valence-corrected chi connectivity index (χ0v) is 8.83. The van der Waals surface area contributed by atoms with E-state index in [-0.39, 0.29) is 10.8 Å². The summed E-state index contributed by atoms with van der Waals surface area (Å²) in [6.45, 7) is 3.02. The smallest absolute Gasteiger partial charge is 0.0685 e. The lowest BCUT2D eigenvalue weighted by atomic mass is 9.50. The average Bonchev–Trinajstić information content (AvgIpc) is 2.36. The maximum atomic E-state index is 9.53. The third-order valence-corrected chi connectivity index (χ3v) is 4.35. The zero-order valence-electron chi connectivity index (χ0n) is 8.83. The Morgan fingerprint density at radius 1 is 1.36 bits per heavy atom. The molecule has 1 heterocycles. The van der Waals surface area contributed by atoms with Crippen LogP contribution in [0.4, 0.5) is 0 Å². The minimum atomic E-state index is 0.139. The molecule has 3 N–H and O–H groups in total. The first-order valence-electron chi connectivity index (χ1n) is 5.29. The SMILES string of the molecule is CN1CC2(CO)CCC2(CCON)C1. The van der Waals surface area contributed by atoms with E-state index in [1.165, 1.54) is 6.42 Å². The number of aliphatic hydroxyl groups is 1. The normalized spacial score (nSPS) is 42.2. The van der Waals surface area contributed by atoms with Crippen molar-refractivity contribution in [3.05, 3.63) is 0 Å². The first kappa shape index (κ1) is 10.4. The molecule has 1 saturated heterocycles. The summed E-state index contributed by atoms with van der Waals surface area (Å²) in [7, 11) is 2.13. The fraction of sp³-hybridized carbons (Fsp3) is 1.00. The van der Waals surface area contributed by atoms with Crippen LogP contribution in [0.3, 0.4) is 0 Å². The fourth-order valence-electron chi connectivity index (χ4n) is 3.44. The van der Waals surface area contributed by atoms with Crippen LogP contribution >= 0.6 is 0 Å². The summed E-state index contributed by atoms with van der Waals surface area (Å²) in [6.07, 6.45) is 3.34. The third kappa shape index (κ3) is 1.21. The number of nitrogens with zero attached hydrogens (tertiary/aromatic N) is 1. The van der Waals surface area contributed by atoms with Gasteiger partial charge in [-0.3, -0.25) is 0 Å². The molecular formula is C10H20N2O2. The van der Waals surface area contributed by atoms with Gasteiger partial charge >= 0.3 is 0 Å². The quantitative estimate of drug-likeness (QED) is 0.626. The van der Waals surface area contributed by atoms with Crippen molar-refractivity contribution in [2.45, 2.75) is 19.3 Å². The largest absolute Gasteiger partial charge is 0.396 e. The maximum absolute atomic E-state index is 9.53. The molecule has 0 bridgehead atoms. The summed E-state index contributed by atoms with van der Waals surface area (Å²) >= 11 is 0. The van der Waals surface area contributed by atoms with Gasteiger partial charge in [0.2, 0.25) is 0 Å². The van der Waals surface area contributed by atoms with Gasteiger partial charge in [-0.2, -0.15) is 0 Å². The van der Waals surface area contributed by atoms with Gasteiger partial charge in [-0.1, -0.05) is 0 Å². The highest BCUT2D eigenvalue weighted by Crippen LogP contribution is 2.62. The van der Waals surface area contributed by atoms with Crippen molar-refractivity contribution in [2.24, 2.45) is 16.7 Å². The van der Waals surface area contributed by atoms with E-state index in [1.807, 2.05) is 0 Å². The van der Waals surface area contributed by atoms with E-state index in [0.29, 0.717) is 13.2 Å². The van der Waals surface area contributed by atoms with Crippen LogP contribution in [0.5, 0.6) is 0 Å². The molecule has 0 amide bonds. The molecule has 2 unspecified atom stereocenters. The Morgan fingerprint density at radius 3 is 2.50 bits per heavy atom. The van der Waals surface area contributed by atoms with Gasteiger partial charge in [-0.25, -0.2) is 5.90 Å². The lowest BCUT2D eigenvalue weighted by Crippen LogP contribution is -2.53. The highest BCUT2D eigenvalue weighted by molar-refractivity contribution is 5.13. The summed E-state index contributed by atoms with van der Waals surface area (Å²) < 4.78 is 0. The number of likely N-dealkylation sites (tertiary alicyclic amines) is 1. The van der Waals surface area contributed by atoms with Gasteiger partial charge in [-0.05, 0) is 31.7 Å². The average molecular weight is 200 g/mol. The molecule has 14 heavy (non-hydrogen) atoms. The highest BCUT2D eigenvalue weighted by atomic mass is 16.6. The van der Waals surface area contributed by atoms with Gasteiger partial charge in [0.15, 0.2) is 0 Å². The molecule has 0 aromatic heterocycles. The molecule has 0 radical (unpaired) electrons.